The van der Waals surface area contributed by atoms with Gasteiger partial charge in [0, 0.05) is 22.9 Å². The lowest BCUT2D eigenvalue weighted by molar-refractivity contribution is -0.142. The first kappa shape index (κ1) is 24.8. The Balaban J connectivity index is 2.03. The molecule has 1 N–H and O–H groups in total. The van der Waals surface area contributed by atoms with Gasteiger partial charge in [-0.3, -0.25) is 4.79 Å². The van der Waals surface area contributed by atoms with Crippen molar-refractivity contribution in [3.05, 3.63) is 42.5 Å². The Morgan fingerprint density at radius 1 is 1.28 bits per heavy atom. The Kier molecular flexibility index (Phi) is 8.83. The highest BCUT2D eigenvalue weighted by Gasteiger charge is 2.35. The summed E-state index contributed by atoms with van der Waals surface area (Å²) < 4.78 is 6.01. The molecule has 1 aliphatic rings. The van der Waals surface area contributed by atoms with E-state index in [0.29, 0.717) is 0 Å². The first-order valence-electron chi connectivity index (χ1n) is 11.5. The van der Waals surface area contributed by atoms with Gasteiger partial charge in [-0.1, -0.05) is 44.9 Å². The van der Waals surface area contributed by atoms with Gasteiger partial charge in [-0.25, -0.2) is 0 Å². The number of carboxylic acids is 1. The third-order valence-electron chi connectivity index (χ3n) is 6.35. The molecule has 0 fully saturated rings. The molecule has 0 amide bonds. The highest BCUT2D eigenvalue weighted by molar-refractivity contribution is 7.99. The smallest absolute Gasteiger partial charge is 0.309 e. The molecule has 32 heavy (non-hydrogen) atoms. The number of unbranched alkanes of at least 4 members (excludes halogenated alkanes) is 1. The standard InChI is InChI=1S/C26H35NO3S2/c1-5-7-13-26(6-2)17-27(20-11-9-8-10-12-20)21-14-24(31-4)22(15-23(21)32-18-26)30-16-19(3)25(28)29/h8-12,14-15,19H,5-7,13,16-18H2,1-4H3,(H,28,29). The molecule has 0 aromatic heterocycles. The summed E-state index contributed by atoms with van der Waals surface area (Å²) in [6.07, 6.45) is 6.86. The van der Waals surface area contributed by atoms with E-state index in [9.17, 15) is 9.90 Å². The second-order valence-electron chi connectivity index (χ2n) is 8.69. The SMILES string of the molecule is CCCCC1(CC)CSc2cc(OCC(C)C(=O)O)c(SC)cc2N(c2ccccc2)C1. The number of rotatable bonds is 10. The van der Waals surface area contributed by atoms with Crippen LogP contribution in [0.2, 0.25) is 0 Å². The van der Waals surface area contributed by atoms with Crippen LogP contribution in [-0.2, 0) is 4.79 Å². The summed E-state index contributed by atoms with van der Waals surface area (Å²) in [5, 5.41) is 9.24. The minimum absolute atomic E-state index is 0.171. The van der Waals surface area contributed by atoms with Crippen LogP contribution in [0.25, 0.3) is 0 Å². The average molecular weight is 474 g/mol. The van der Waals surface area contributed by atoms with E-state index < -0.39 is 11.9 Å². The van der Waals surface area contributed by atoms with Gasteiger partial charge >= 0.3 is 5.97 Å². The summed E-state index contributed by atoms with van der Waals surface area (Å²) >= 11 is 3.56. The van der Waals surface area contributed by atoms with Crippen molar-refractivity contribution in [3.63, 3.8) is 0 Å². The molecule has 0 saturated heterocycles. The van der Waals surface area contributed by atoms with Crippen molar-refractivity contribution in [2.24, 2.45) is 11.3 Å². The fraction of sp³-hybridized carbons (Fsp3) is 0.500. The number of para-hydroxylation sites is 1. The van der Waals surface area contributed by atoms with Crippen molar-refractivity contribution < 1.29 is 14.6 Å². The van der Waals surface area contributed by atoms with E-state index >= 15 is 0 Å². The van der Waals surface area contributed by atoms with Gasteiger partial charge in [0.2, 0.25) is 0 Å². The second-order valence-corrected chi connectivity index (χ2v) is 10.6. The molecule has 1 aliphatic heterocycles. The lowest BCUT2D eigenvalue weighted by atomic mass is 9.81. The summed E-state index contributed by atoms with van der Waals surface area (Å²) in [5.41, 5.74) is 2.68. The van der Waals surface area contributed by atoms with E-state index in [2.05, 4.69) is 61.2 Å². The molecule has 2 aromatic carbocycles. The molecular weight excluding hydrogens is 438 g/mol. The number of fused-ring (bicyclic) bond motifs is 1. The maximum absolute atomic E-state index is 11.2. The molecule has 0 bridgehead atoms. The minimum atomic E-state index is -0.834. The predicted molar refractivity (Wildman–Crippen MR) is 137 cm³/mol. The van der Waals surface area contributed by atoms with Gasteiger partial charge in [-0.2, -0.15) is 0 Å². The van der Waals surface area contributed by atoms with Crippen LogP contribution in [0, 0.1) is 11.3 Å². The lowest BCUT2D eigenvalue weighted by Crippen LogP contribution is -2.35. The number of benzene rings is 2. The number of aliphatic carboxylic acids is 1. The minimum Gasteiger partial charge on any atom is -0.491 e. The van der Waals surface area contributed by atoms with Gasteiger partial charge in [0.15, 0.2) is 0 Å². The molecule has 2 aromatic rings. The fourth-order valence-corrected chi connectivity index (χ4v) is 6.00. The Hall–Kier alpha value is -1.79. The molecule has 174 valence electrons. The summed E-state index contributed by atoms with van der Waals surface area (Å²) in [5.74, 6) is 0.476. The van der Waals surface area contributed by atoms with Crippen LogP contribution in [-0.4, -0.2) is 36.2 Å². The predicted octanol–water partition coefficient (Wildman–Crippen LogP) is 7.34. The van der Waals surface area contributed by atoms with Crippen LogP contribution in [0.5, 0.6) is 5.75 Å². The molecule has 6 heteroatoms. The number of ether oxygens (including phenoxy) is 1. The van der Waals surface area contributed by atoms with E-state index in [1.807, 2.05) is 18.0 Å². The first-order chi connectivity index (χ1) is 15.4. The molecule has 0 saturated carbocycles. The zero-order valence-electron chi connectivity index (χ0n) is 19.6. The van der Waals surface area contributed by atoms with Crippen LogP contribution >= 0.6 is 23.5 Å². The summed E-state index contributed by atoms with van der Waals surface area (Å²) in [7, 11) is 0. The third kappa shape index (κ3) is 5.76. The van der Waals surface area contributed by atoms with Crippen molar-refractivity contribution in [3.8, 4) is 5.75 Å². The number of thioether (sulfide) groups is 2. The molecule has 2 atom stereocenters. The van der Waals surface area contributed by atoms with Gasteiger partial charge < -0.3 is 14.7 Å². The van der Waals surface area contributed by atoms with E-state index in [1.54, 1.807) is 18.7 Å². The molecular formula is C26H35NO3S2. The average Bonchev–Trinajstić information content (AvgIpc) is 2.98. The zero-order chi connectivity index (χ0) is 23.1. The van der Waals surface area contributed by atoms with E-state index in [1.165, 1.54) is 35.5 Å². The van der Waals surface area contributed by atoms with Crippen LogP contribution < -0.4 is 9.64 Å². The normalized spacial score (nSPS) is 19.2. The number of carbonyl (C=O) groups is 1. The van der Waals surface area contributed by atoms with Gasteiger partial charge in [-0.15, -0.1) is 23.5 Å². The number of hydrogen-bond acceptors (Lipinski definition) is 5. The quantitative estimate of drug-likeness (QED) is 0.364. The van der Waals surface area contributed by atoms with Gasteiger partial charge in [0.1, 0.15) is 12.4 Å². The maximum Gasteiger partial charge on any atom is 0.309 e. The van der Waals surface area contributed by atoms with Crippen LogP contribution in [0.15, 0.2) is 52.3 Å². The van der Waals surface area contributed by atoms with Crippen molar-refractivity contribution in [2.45, 2.75) is 56.2 Å². The molecule has 0 radical (unpaired) electrons. The Labute approximate surface area is 201 Å². The number of carboxylic acid groups (broad SMARTS) is 1. The number of anilines is 2. The van der Waals surface area contributed by atoms with E-state index in [4.69, 9.17) is 4.74 Å². The van der Waals surface area contributed by atoms with Crippen LogP contribution in [0.4, 0.5) is 11.4 Å². The number of hydrogen-bond donors (Lipinski definition) is 1. The van der Waals surface area contributed by atoms with Gasteiger partial charge in [0.05, 0.1) is 16.5 Å². The molecule has 2 unspecified atom stereocenters. The van der Waals surface area contributed by atoms with Crippen molar-refractivity contribution in [1.29, 1.82) is 0 Å². The molecule has 3 rings (SSSR count). The molecule has 0 spiro atoms. The second kappa shape index (κ2) is 11.4. The topological polar surface area (TPSA) is 49.8 Å². The zero-order valence-corrected chi connectivity index (χ0v) is 21.2. The molecule has 1 heterocycles. The summed E-state index contributed by atoms with van der Waals surface area (Å²) in [6, 6.07) is 15.0. The van der Waals surface area contributed by atoms with Gasteiger partial charge in [0.25, 0.3) is 0 Å². The molecule has 4 nitrogen and oxygen atoms in total. The van der Waals surface area contributed by atoms with Crippen molar-refractivity contribution in [1.82, 2.24) is 0 Å². The summed E-state index contributed by atoms with van der Waals surface area (Å²) in [4.78, 5) is 16.0. The van der Waals surface area contributed by atoms with Crippen LogP contribution in [0.1, 0.15) is 46.5 Å². The Bertz CT molecular complexity index is 905. The van der Waals surface area contributed by atoms with Gasteiger partial charge in [-0.05, 0) is 55.7 Å². The Morgan fingerprint density at radius 3 is 2.66 bits per heavy atom. The maximum atomic E-state index is 11.2. The largest absolute Gasteiger partial charge is 0.491 e. The molecule has 0 aliphatic carbocycles. The fourth-order valence-electron chi connectivity index (χ4n) is 4.04. The first-order valence-corrected chi connectivity index (χ1v) is 13.7. The highest BCUT2D eigenvalue weighted by Crippen LogP contribution is 2.49. The summed E-state index contributed by atoms with van der Waals surface area (Å²) in [6.45, 7) is 7.44. The van der Waals surface area contributed by atoms with E-state index in [0.717, 1.165) is 29.4 Å². The van der Waals surface area contributed by atoms with Crippen molar-refractivity contribution >= 4 is 40.9 Å². The third-order valence-corrected chi connectivity index (χ3v) is 8.51. The van der Waals surface area contributed by atoms with Crippen molar-refractivity contribution in [2.75, 3.05) is 30.1 Å². The van der Waals surface area contributed by atoms with E-state index in [-0.39, 0.29) is 12.0 Å². The number of nitrogens with zero attached hydrogens (tertiary/aromatic N) is 1. The van der Waals surface area contributed by atoms with Crippen LogP contribution in [0.3, 0.4) is 0 Å². The monoisotopic (exact) mass is 473 g/mol. The lowest BCUT2D eigenvalue weighted by Gasteiger charge is -2.37. The highest BCUT2D eigenvalue weighted by atomic mass is 32.2. The Morgan fingerprint density at radius 2 is 2.03 bits per heavy atom.